The van der Waals surface area contributed by atoms with Crippen LogP contribution in [0.15, 0.2) is 0 Å². The van der Waals surface area contributed by atoms with Crippen LogP contribution in [0.3, 0.4) is 0 Å². The van der Waals surface area contributed by atoms with Crippen LogP contribution in [0.5, 0.6) is 0 Å². The van der Waals surface area contributed by atoms with E-state index < -0.39 is 5.97 Å². The quantitative estimate of drug-likeness (QED) is 0.763. The molecule has 0 radical (unpaired) electrons. The lowest BCUT2D eigenvalue weighted by atomic mass is 9.79. The van der Waals surface area contributed by atoms with Gasteiger partial charge in [0.1, 0.15) is 0 Å². The number of hydrogen-bond donors (Lipinski definition) is 2. The largest absolute Gasteiger partial charge is 0.481 e. The van der Waals surface area contributed by atoms with E-state index in [1.54, 1.807) is 0 Å². The van der Waals surface area contributed by atoms with Gasteiger partial charge in [0.25, 0.3) is 0 Å². The Morgan fingerprint density at radius 1 is 1.11 bits per heavy atom. The fraction of sp³-hybridized carbons (Fsp3) is 0.857. The minimum absolute atomic E-state index is 0.0463. The van der Waals surface area contributed by atoms with Gasteiger partial charge in [-0.3, -0.25) is 9.59 Å². The first-order chi connectivity index (χ1) is 8.60. The Bertz CT molecular complexity index is 317. The highest BCUT2D eigenvalue weighted by atomic mass is 16.4. The maximum Gasteiger partial charge on any atom is 0.303 e. The van der Waals surface area contributed by atoms with Crippen molar-refractivity contribution in [2.45, 2.75) is 57.8 Å². The van der Waals surface area contributed by atoms with Gasteiger partial charge < -0.3 is 10.4 Å². The molecule has 0 saturated heterocycles. The van der Waals surface area contributed by atoms with Crippen LogP contribution >= 0.6 is 0 Å². The normalized spacial score (nSPS) is 22.4. The molecule has 2 saturated carbocycles. The van der Waals surface area contributed by atoms with Gasteiger partial charge in [-0.1, -0.05) is 19.3 Å². The molecule has 2 rings (SSSR count). The zero-order valence-corrected chi connectivity index (χ0v) is 10.9. The molecule has 0 unspecified atom stereocenters. The third kappa shape index (κ3) is 3.47. The molecule has 2 fully saturated rings. The van der Waals surface area contributed by atoms with Gasteiger partial charge in [-0.15, -0.1) is 0 Å². The first-order valence-corrected chi connectivity index (χ1v) is 7.08. The first-order valence-electron chi connectivity index (χ1n) is 7.08. The molecule has 4 heteroatoms. The van der Waals surface area contributed by atoms with E-state index in [1.165, 1.54) is 19.3 Å². The van der Waals surface area contributed by atoms with E-state index in [1.807, 2.05) is 0 Å². The molecule has 0 aromatic carbocycles. The summed E-state index contributed by atoms with van der Waals surface area (Å²) in [6.07, 6.45) is 8.15. The summed E-state index contributed by atoms with van der Waals surface area (Å²) in [5.74, 6) is -0.0679. The second-order valence-electron chi connectivity index (χ2n) is 6.06. The van der Waals surface area contributed by atoms with E-state index in [0.717, 1.165) is 32.2 Å². The van der Waals surface area contributed by atoms with Crippen molar-refractivity contribution in [3.8, 4) is 0 Å². The lowest BCUT2D eigenvalue weighted by molar-refractivity contribution is -0.140. The standard InChI is InChI=1S/C14H23NO3/c16-12(15-10-11-4-3-5-11)8-14(9-13(17)18)6-1-2-7-14/h11H,1-10H2,(H,15,16)(H,17,18). The van der Waals surface area contributed by atoms with Gasteiger partial charge in [-0.2, -0.15) is 0 Å². The van der Waals surface area contributed by atoms with Crippen LogP contribution < -0.4 is 5.32 Å². The van der Waals surface area contributed by atoms with Crippen molar-refractivity contribution in [2.75, 3.05) is 6.54 Å². The zero-order chi connectivity index (χ0) is 13.0. The van der Waals surface area contributed by atoms with Gasteiger partial charge in [0.05, 0.1) is 6.42 Å². The zero-order valence-electron chi connectivity index (χ0n) is 10.9. The van der Waals surface area contributed by atoms with Crippen LogP contribution in [-0.4, -0.2) is 23.5 Å². The summed E-state index contributed by atoms with van der Waals surface area (Å²) in [6, 6.07) is 0. The van der Waals surface area contributed by atoms with E-state index in [2.05, 4.69) is 5.32 Å². The topological polar surface area (TPSA) is 66.4 Å². The Morgan fingerprint density at radius 2 is 1.78 bits per heavy atom. The number of amides is 1. The number of carbonyl (C=O) groups excluding carboxylic acids is 1. The molecule has 18 heavy (non-hydrogen) atoms. The Hall–Kier alpha value is -1.06. The molecule has 4 nitrogen and oxygen atoms in total. The summed E-state index contributed by atoms with van der Waals surface area (Å²) in [5.41, 5.74) is -0.268. The smallest absolute Gasteiger partial charge is 0.303 e. The summed E-state index contributed by atoms with van der Waals surface area (Å²) < 4.78 is 0. The Balaban J connectivity index is 1.79. The average molecular weight is 253 g/mol. The molecule has 2 aliphatic rings. The van der Waals surface area contributed by atoms with Crippen LogP contribution in [0, 0.1) is 11.3 Å². The second kappa shape index (κ2) is 5.72. The molecule has 0 bridgehead atoms. The number of rotatable bonds is 6. The van der Waals surface area contributed by atoms with Gasteiger partial charge in [0.15, 0.2) is 0 Å². The second-order valence-corrected chi connectivity index (χ2v) is 6.06. The average Bonchev–Trinajstić information content (AvgIpc) is 2.62. The number of carbonyl (C=O) groups is 2. The number of carboxylic acid groups (broad SMARTS) is 1. The molecule has 0 aromatic rings. The van der Waals surface area contributed by atoms with Gasteiger partial charge in [-0.25, -0.2) is 0 Å². The number of nitrogens with one attached hydrogen (secondary N) is 1. The van der Waals surface area contributed by atoms with Crippen molar-refractivity contribution >= 4 is 11.9 Å². The molecule has 0 atom stereocenters. The monoisotopic (exact) mass is 253 g/mol. The van der Waals surface area contributed by atoms with E-state index in [9.17, 15) is 9.59 Å². The van der Waals surface area contributed by atoms with Crippen LogP contribution in [0.25, 0.3) is 0 Å². The molecule has 2 N–H and O–H groups in total. The third-order valence-electron chi connectivity index (χ3n) is 4.54. The maximum absolute atomic E-state index is 11.9. The maximum atomic E-state index is 11.9. The summed E-state index contributed by atoms with van der Waals surface area (Å²) >= 11 is 0. The van der Waals surface area contributed by atoms with Crippen molar-refractivity contribution in [3.63, 3.8) is 0 Å². The van der Waals surface area contributed by atoms with Crippen molar-refractivity contribution in [1.82, 2.24) is 5.32 Å². The Morgan fingerprint density at radius 3 is 2.28 bits per heavy atom. The number of aliphatic carboxylic acids is 1. The summed E-state index contributed by atoms with van der Waals surface area (Å²) in [4.78, 5) is 22.9. The van der Waals surface area contributed by atoms with E-state index in [4.69, 9.17) is 5.11 Å². The van der Waals surface area contributed by atoms with Crippen molar-refractivity contribution in [2.24, 2.45) is 11.3 Å². The molecule has 102 valence electrons. The molecule has 0 spiro atoms. The lowest BCUT2D eigenvalue weighted by Gasteiger charge is -2.28. The summed E-state index contributed by atoms with van der Waals surface area (Å²) in [7, 11) is 0. The SMILES string of the molecule is O=C(O)CC1(CC(=O)NCC2CCC2)CCCC1. The summed E-state index contributed by atoms with van der Waals surface area (Å²) in [5, 5.41) is 12.0. The van der Waals surface area contributed by atoms with Gasteiger partial charge in [0, 0.05) is 13.0 Å². The predicted octanol–water partition coefficient (Wildman–Crippen LogP) is 2.33. The van der Waals surface area contributed by atoms with E-state index in [0.29, 0.717) is 12.3 Å². The summed E-state index contributed by atoms with van der Waals surface area (Å²) in [6.45, 7) is 0.780. The highest BCUT2D eigenvalue weighted by molar-refractivity contribution is 5.78. The van der Waals surface area contributed by atoms with Gasteiger partial charge in [-0.05, 0) is 37.0 Å². The van der Waals surface area contributed by atoms with Crippen LogP contribution in [0.4, 0.5) is 0 Å². The van der Waals surface area contributed by atoms with Crippen molar-refractivity contribution in [3.05, 3.63) is 0 Å². The minimum atomic E-state index is -0.774. The Labute approximate surface area is 108 Å². The molecule has 0 aliphatic heterocycles. The van der Waals surface area contributed by atoms with Gasteiger partial charge >= 0.3 is 5.97 Å². The van der Waals surface area contributed by atoms with Crippen molar-refractivity contribution < 1.29 is 14.7 Å². The number of carboxylic acids is 1. The van der Waals surface area contributed by atoms with Gasteiger partial charge in [0.2, 0.25) is 5.91 Å². The van der Waals surface area contributed by atoms with E-state index in [-0.39, 0.29) is 17.7 Å². The molecular formula is C14H23NO3. The predicted molar refractivity (Wildman–Crippen MR) is 68.1 cm³/mol. The third-order valence-corrected chi connectivity index (χ3v) is 4.54. The highest BCUT2D eigenvalue weighted by Gasteiger charge is 2.38. The van der Waals surface area contributed by atoms with Crippen LogP contribution in [-0.2, 0) is 9.59 Å². The van der Waals surface area contributed by atoms with Crippen LogP contribution in [0.1, 0.15) is 57.8 Å². The van der Waals surface area contributed by atoms with Crippen molar-refractivity contribution in [1.29, 1.82) is 0 Å². The molecule has 2 aliphatic carbocycles. The fourth-order valence-electron chi connectivity index (χ4n) is 3.22. The highest BCUT2D eigenvalue weighted by Crippen LogP contribution is 2.44. The minimum Gasteiger partial charge on any atom is -0.481 e. The molecule has 1 amide bonds. The molecular weight excluding hydrogens is 230 g/mol. The lowest BCUT2D eigenvalue weighted by Crippen LogP contribution is -2.36. The number of hydrogen-bond acceptors (Lipinski definition) is 2. The van der Waals surface area contributed by atoms with Crippen LogP contribution in [0.2, 0.25) is 0 Å². The molecule has 0 aromatic heterocycles. The fourth-order valence-corrected chi connectivity index (χ4v) is 3.22. The Kier molecular flexibility index (Phi) is 4.25. The van der Waals surface area contributed by atoms with E-state index >= 15 is 0 Å². The molecule has 0 heterocycles. The first kappa shape index (κ1) is 13.4.